The third kappa shape index (κ3) is 3.78. The van der Waals surface area contributed by atoms with Crippen LogP contribution in [0.25, 0.3) is 0 Å². The number of amides is 1. The van der Waals surface area contributed by atoms with Gasteiger partial charge in [0.05, 0.1) is 0 Å². The first-order valence-electron chi connectivity index (χ1n) is 8.27. The van der Waals surface area contributed by atoms with Gasteiger partial charge in [0.15, 0.2) is 0 Å². The maximum absolute atomic E-state index is 12.2. The van der Waals surface area contributed by atoms with Gasteiger partial charge in [-0.1, -0.05) is 40.5 Å². The fourth-order valence-electron chi connectivity index (χ4n) is 3.21. The summed E-state index contributed by atoms with van der Waals surface area (Å²) < 4.78 is 2.63. The first-order chi connectivity index (χ1) is 11.6. The van der Waals surface area contributed by atoms with Crippen LogP contribution in [0.1, 0.15) is 31.2 Å². The summed E-state index contributed by atoms with van der Waals surface area (Å²) in [5.41, 5.74) is 1.26. The van der Waals surface area contributed by atoms with Crippen LogP contribution in [-0.2, 0) is 16.8 Å². The first kappa shape index (κ1) is 17.0. The van der Waals surface area contributed by atoms with E-state index in [4.69, 9.17) is 0 Å². The SMILES string of the molecule is O=C(CCn1ccccc1=O)NCC1(c2cccc(Br)c2)CCC1. The molecule has 1 aromatic carbocycles. The van der Waals surface area contributed by atoms with Crippen LogP contribution in [0.3, 0.4) is 0 Å². The van der Waals surface area contributed by atoms with E-state index in [0.717, 1.165) is 17.3 Å². The van der Waals surface area contributed by atoms with Crippen LogP contribution >= 0.6 is 15.9 Å². The lowest BCUT2D eigenvalue weighted by atomic mass is 9.64. The zero-order valence-corrected chi connectivity index (χ0v) is 15.1. The van der Waals surface area contributed by atoms with Gasteiger partial charge in [0, 0.05) is 41.7 Å². The van der Waals surface area contributed by atoms with Crippen molar-refractivity contribution < 1.29 is 4.79 Å². The Kier molecular flexibility index (Phi) is 5.19. The summed E-state index contributed by atoms with van der Waals surface area (Å²) in [6, 6.07) is 13.4. The Hall–Kier alpha value is -1.88. The Bertz CT molecular complexity index is 781. The number of pyridine rings is 1. The number of nitrogens with zero attached hydrogens (tertiary/aromatic N) is 1. The molecule has 1 saturated carbocycles. The number of benzene rings is 1. The van der Waals surface area contributed by atoms with E-state index >= 15 is 0 Å². The molecule has 0 bridgehead atoms. The number of carbonyl (C=O) groups is 1. The van der Waals surface area contributed by atoms with Crippen molar-refractivity contribution in [1.29, 1.82) is 0 Å². The Morgan fingerprint density at radius 3 is 2.71 bits per heavy atom. The normalized spacial score (nSPS) is 15.5. The van der Waals surface area contributed by atoms with Gasteiger partial charge in [-0.3, -0.25) is 9.59 Å². The number of halogens is 1. The third-order valence-corrected chi connectivity index (χ3v) is 5.34. The quantitative estimate of drug-likeness (QED) is 0.825. The number of nitrogens with one attached hydrogen (secondary N) is 1. The van der Waals surface area contributed by atoms with Crippen molar-refractivity contribution in [3.63, 3.8) is 0 Å². The first-order valence-corrected chi connectivity index (χ1v) is 9.07. The van der Waals surface area contributed by atoms with E-state index in [1.54, 1.807) is 22.9 Å². The fourth-order valence-corrected chi connectivity index (χ4v) is 3.61. The molecule has 0 atom stereocenters. The van der Waals surface area contributed by atoms with Gasteiger partial charge < -0.3 is 9.88 Å². The van der Waals surface area contributed by atoms with Gasteiger partial charge in [-0.2, -0.15) is 0 Å². The highest BCUT2D eigenvalue weighted by Gasteiger charge is 2.38. The summed E-state index contributed by atoms with van der Waals surface area (Å²) in [6.45, 7) is 1.07. The molecular weight excluding hydrogens is 368 g/mol. The Morgan fingerprint density at radius 2 is 2.04 bits per heavy atom. The molecule has 0 saturated heterocycles. The monoisotopic (exact) mass is 388 g/mol. The van der Waals surface area contributed by atoms with E-state index in [-0.39, 0.29) is 16.9 Å². The fraction of sp³-hybridized carbons (Fsp3) is 0.368. The average molecular weight is 389 g/mol. The van der Waals surface area contributed by atoms with Gasteiger partial charge in [0.25, 0.3) is 5.56 Å². The summed E-state index contributed by atoms with van der Waals surface area (Å²) >= 11 is 3.53. The molecule has 24 heavy (non-hydrogen) atoms. The van der Waals surface area contributed by atoms with E-state index < -0.39 is 0 Å². The molecule has 1 heterocycles. The molecule has 1 amide bonds. The molecule has 0 unspecified atom stereocenters. The van der Waals surface area contributed by atoms with Crippen molar-refractivity contribution >= 4 is 21.8 Å². The summed E-state index contributed by atoms with van der Waals surface area (Å²) in [5.74, 6) is -0.00738. The van der Waals surface area contributed by atoms with Crippen LogP contribution in [-0.4, -0.2) is 17.0 Å². The zero-order chi connectivity index (χ0) is 17.0. The van der Waals surface area contributed by atoms with Gasteiger partial charge >= 0.3 is 0 Å². The second-order valence-electron chi connectivity index (χ2n) is 6.40. The maximum Gasteiger partial charge on any atom is 0.250 e. The number of aromatic nitrogens is 1. The van der Waals surface area contributed by atoms with Crippen LogP contribution < -0.4 is 10.9 Å². The van der Waals surface area contributed by atoms with E-state index in [9.17, 15) is 9.59 Å². The lowest BCUT2D eigenvalue weighted by molar-refractivity contribution is -0.121. The van der Waals surface area contributed by atoms with Crippen molar-refractivity contribution in [3.05, 3.63) is 69.1 Å². The maximum atomic E-state index is 12.2. The highest BCUT2D eigenvalue weighted by molar-refractivity contribution is 9.10. The van der Waals surface area contributed by atoms with Crippen LogP contribution in [0, 0.1) is 0 Å². The summed E-state index contributed by atoms with van der Waals surface area (Å²) in [7, 11) is 0. The predicted octanol–water partition coefficient (Wildman–Crippen LogP) is 3.24. The Labute approximate surface area is 150 Å². The van der Waals surface area contributed by atoms with E-state index in [1.165, 1.54) is 18.1 Å². The molecular formula is C19H21BrN2O2. The molecule has 126 valence electrons. The van der Waals surface area contributed by atoms with Gasteiger partial charge in [-0.25, -0.2) is 0 Å². The molecule has 0 radical (unpaired) electrons. The summed E-state index contributed by atoms with van der Waals surface area (Å²) in [6.07, 6.45) is 5.43. The highest BCUT2D eigenvalue weighted by atomic mass is 79.9. The zero-order valence-electron chi connectivity index (χ0n) is 13.5. The highest BCUT2D eigenvalue weighted by Crippen LogP contribution is 2.43. The van der Waals surface area contributed by atoms with Crippen LogP contribution in [0.4, 0.5) is 0 Å². The lowest BCUT2D eigenvalue weighted by Crippen LogP contribution is -2.45. The van der Waals surface area contributed by atoms with Crippen molar-refractivity contribution in [1.82, 2.24) is 9.88 Å². The summed E-state index contributed by atoms with van der Waals surface area (Å²) in [4.78, 5) is 23.8. The van der Waals surface area contributed by atoms with Gasteiger partial charge in [0.1, 0.15) is 0 Å². The number of aryl methyl sites for hydroxylation is 1. The molecule has 1 N–H and O–H groups in total. The van der Waals surface area contributed by atoms with Gasteiger partial charge in [0.2, 0.25) is 5.91 Å². The Balaban J connectivity index is 1.57. The Morgan fingerprint density at radius 1 is 1.21 bits per heavy atom. The topological polar surface area (TPSA) is 51.1 Å². The minimum atomic E-state index is -0.0742. The molecule has 4 nitrogen and oxygen atoms in total. The summed E-state index contributed by atoms with van der Waals surface area (Å²) in [5, 5.41) is 3.06. The lowest BCUT2D eigenvalue weighted by Gasteiger charge is -2.42. The molecule has 0 aliphatic heterocycles. The minimum Gasteiger partial charge on any atom is -0.355 e. The third-order valence-electron chi connectivity index (χ3n) is 4.85. The molecule has 0 spiro atoms. The standard InChI is InChI=1S/C19H21BrN2O2/c20-16-6-3-5-15(13-16)19(9-4-10-19)14-21-17(23)8-12-22-11-2-1-7-18(22)24/h1-3,5-7,11,13H,4,8-10,12,14H2,(H,21,23). The molecule has 1 aliphatic carbocycles. The molecule has 1 aromatic heterocycles. The van der Waals surface area contributed by atoms with Crippen molar-refractivity contribution in [2.45, 2.75) is 37.6 Å². The number of carbonyl (C=O) groups excluding carboxylic acids is 1. The van der Waals surface area contributed by atoms with Crippen molar-refractivity contribution in [2.24, 2.45) is 0 Å². The van der Waals surface area contributed by atoms with E-state index in [1.807, 2.05) is 12.1 Å². The van der Waals surface area contributed by atoms with Gasteiger partial charge in [-0.05, 0) is 36.6 Å². The minimum absolute atomic E-state index is 0.00738. The van der Waals surface area contributed by atoms with Crippen LogP contribution in [0.15, 0.2) is 57.9 Å². The van der Waals surface area contributed by atoms with Crippen molar-refractivity contribution in [3.8, 4) is 0 Å². The number of hydrogen-bond acceptors (Lipinski definition) is 2. The smallest absolute Gasteiger partial charge is 0.250 e. The molecule has 3 rings (SSSR count). The largest absolute Gasteiger partial charge is 0.355 e. The molecule has 1 aliphatic rings. The van der Waals surface area contributed by atoms with Gasteiger partial charge in [-0.15, -0.1) is 0 Å². The van der Waals surface area contributed by atoms with Crippen LogP contribution in [0.2, 0.25) is 0 Å². The molecule has 5 heteroatoms. The molecule has 1 fully saturated rings. The predicted molar refractivity (Wildman–Crippen MR) is 98.0 cm³/mol. The average Bonchev–Trinajstić information content (AvgIpc) is 2.53. The molecule has 2 aromatic rings. The van der Waals surface area contributed by atoms with E-state index in [2.05, 4.69) is 33.4 Å². The second-order valence-corrected chi connectivity index (χ2v) is 7.32. The second kappa shape index (κ2) is 7.34. The number of rotatable bonds is 6. The number of hydrogen-bond donors (Lipinski definition) is 1. The van der Waals surface area contributed by atoms with Crippen molar-refractivity contribution in [2.75, 3.05) is 6.54 Å². The van der Waals surface area contributed by atoms with Crippen LogP contribution in [0.5, 0.6) is 0 Å². The van der Waals surface area contributed by atoms with E-state index in [0.29, 0.717) is 19.5 Å².